The van der Waals surface area contributed by atoms with Crippen molar-refractivity contribution in [2.45, 2.75) is 17.9 Å². The maximum atomic E-state index is 12.6. The number of furan rings is 1. The van der Waals surface area contributed by atoms with Gasteiger partial charge in [0.1, 0.15) is 5.03 Å². The number of hydrogen-bond acceptors (Lipinski definition) is 6. The number of carbonyl (C=O) groups is 2. The number of primary amides is 1. The number of nitrogens with two attached hydrogens (primary N) is 1. The molecule has 0 saturated carbocycles. The lowest BCUT2D eigenvalue weighted by Crippen LogP contribution is -2.42. The lowest BCUT2D eigenvalue weighted by molar-refractivity contribution is -0.132. The number of carbonyl (C=O) groups excluding carboxylic acids is 2. The average molecular weight is 396 g/mol. The highest BCUT2D eigenvalue weighted by Crippen LogP contribution is 2.29. The smallest absolute Gasteiger partial charge is 0.232 e. The van der Waals surface area contributed by atoms with Gasteiger partial charge < -0.3 is 15.1 Å². The Hall–Kier alpha value is -2.87. The molecule has 1 fully saturated rings. The van der Waals surface area contributed by atoms with Crippen molar-refractivity contribution in [1.82, 2.24) is 14.9 Å². The molecular formula is C20H20N4O3S. The summed E-state index contributed by atoms with van der Waals surface area (Å²) in [7, 11) is 0. The number of amides is 2. The number of aromatic nitrogens is 2. The van der Waals surface area contributed by atoms with Crippen LogP contribution in [0, 0.1) is 5.92 Å². The summed E-state index contributed by atoms with van der Waals surface area (Å²) >= 11 is 1.39. The van der Waals surface area contributed by atoms with Crippen molar-refractivity contribution in [3.8, 4) is 11.6 Å². The van der Waals surface area contributed by atoms with Crippen molar-refractivity contribution in [3.05, 3.63) is 42.7 Å². The Bertz CT molecular complexity index is 998. The van der Waals surface area contributed by atoms with Crippen LogP contribution in [-0.2, 0) is 9.59 Å². The molecule has 2 amide bonds. The van der Waals surface area contributed by atoms with Gasteiger partial charge >= 0.3 is 0 Å². The molecule has 0 radical (unpaired) electrons. The molecular weight excluding hydrogens is 376 g/mol. The third-order valence-corrected chi connectivity index (χ3v) is 5.87. The van der Waals surface area contributed by atoms with Crippen LogP contribution in [0.25, 0.3) is 22.5 Å². The molecule has 3 aromatic rings. The maximum Gasteiger partial charge on any atom is 0.232 e. The molecule has 144 valence electrons. The molecule has 1 aliphatic rings. The molecule has 4 rings (SSSR count). The first-order chi connectivity index (χ1) is 13.6. The summed E-state index contributed by atoms with van der Waals surface area (Å²) in [4.78, 5) is 34.9. The molecule has 1 aliphatic heterocycles. The van der Waals surface area contributed by atoms with E-state index in [1.807, 2.05) is 30.3 Å². The van der Waals surface area contributed by atoms with Crippen molar-refractivity contribution >= 4 is 34.5 Å². The largest absolute Gasteiger partial charge is 0.461 e. The molecule has 0 atom stereocenters. The molecule has 0 bridgehead atoms. The quantitative estimate of drug-likeness (QED) is 0.525. The number of thioether (sulfide) groups is 1. The molecule has 8 heteroatoms. The molecule has 1 aromatic carbocycles. The first-order valence-electron chi connectivity index (χ1n) is 9.12. The molecule has 2 aromatic heterocycles. The number of benzene rings is 1. The number of nitrogens with zero attached hydrogens (tertiary/aromatic N) is 3. The first kappa shape index (κ1) is 18.5. The predicted molar refractivity (Wildman–Crippen MR) is 106 cm³/mol. The summed E-state index contributed by atoms with van der Waals surface area (Å²) in [5, 5.41) is 1.65. The van der Waals surface area contributed by atoms with Gasteiger partial charge in [0.25, 0.3) is 0 Å². The number of fused-ring (bicyclic) bond motifs is 1. The van der Waals surface area contributed by atoms with Gasteiger partial charge in [-0.05, 0) is 31.0 Å². The van der Waals surface area contributed by atoms with Gasteiger partial charge in [-0.2, -0.15) is 0 Å². The zero-order chi connectivity index (χ0) is 19.5. The minimum atomic E-state index is -0.278. The second-order valence-electron chi connectivity index (χ2n) is 6.69. The van der Waals surface area contributed by atoms with Crippen molar-refractivity contribution in [3.63, 3.8) is 0 Å². The summed E-state index contributed by atoms with van der Waals surface area (Å²) in [6.45, 7) is 1.13. The fourth-order valence-electron chi connectivity index (χ4n) is 3.31. The highest BCUT2D eigenvalue weighted by molar-refractivity contribution is 8.00. The van der Waals surface area contributed by atoms with E-state index < -0.39 is 0 Å². The van der Waals surface area contributed by atoms with Gasteiger partial charge in [0.15, 0.2) is 11.6 Å². The Morgan fingerprint density at radius 1 is 1.14 bits per heavy atom. The number of piperidine rings is 1. The monoisotopic (exact) mass is 396 g/mol. The van der Waals surface area contributed by atoms with E-state index in [0.717, 1.165) is 15.9 Å². The first-order valence-corrected chi connectivity index (χ1v) is 10.1. The van der Waals surface area contributed by atoms with E-state index >= 15 is 0 Å². The molecule has 28 heavy (non-hydrogen) atoms. The van der Waals surface area contributed by atoms with Gasteiger partial charge in [0.2, 0.25) is 11.8 Å². The van der Waals surface area contributed by atoms with Crippen molar-refractivity contribution < 1.29 is 14.0 Å². The summed E-state index contributed by atoms with van der Waals surface area (Å²) in [6, 6.07) is 11.3. The summed E-state index contributed by atoms with van der Waals surface area (Å²) in [5.41, 5.74) is 6.17. The summed E-state index contributed by atoms with van der Waals surface area (Å²) in [6.07, 6.45) is 2.84. The second-order valence-corrected chi connectivity index (χ2v) is 7.66. The third-order valence-electron chi connectivity index (χ3n) is 4.89. The standard InChI is InChI=1S/C20H20N4O3S/c21-18(26)13-7-9-24(10-8-13)17(25)12-28-20-14-4-1-2-5-15(14)22-19(23-20)16-6-3-11-27-16/h1-6,11,13H,7-10,12H2,(H2,21,26). The highest BCUT2D eigenvalue weighted by Gasteiger charge is 2.26. The Labute approximate surface area is 166 Å². The Balaban J connectivity index is 1.50. The minimum Gasteiger partial charge on any atom is -0.461 e. The molecule has 0 spiro atoms. The zero-order valence-corrected chi connectivity index (χ0v) is 16.0. The van der Waals surface area contributed by atoms with E-state index in [4.69, 9.17) is 10.2 Å². The number of para-hydroxylation sites is 1. The van der Waals surface area contributed by atoms with Crippen LogP contribution in [0.2, 0.25) is 0 Å². The van der Waals surface area contributed by atoms with Crippen LogP contribution >= 0.6 is 11.8 Å². The third kappa shape index (κ3) is 3.87. The average Bonchev–Trinajstić information content (AvgIpc) is 3.26. The lowest BCUT2D eigenvalue weighted by atomic mass is 9.96. The van der Waals surface area contributed by atoms with E-state index in [1.165, 1.54) is 11.8 Å². The highest BCUT2D eigenvalue weighted by atomic mass is 32.2. The van der Waals surface area contributed by atoms with E-state index in [1.54, 1.807) is 17.2 Å². The van der Waals surface area contributed by atoms with E-state index in [9.17, 15) is 9.59 Å². The van der Waals surface area contributed by atoms with Crippen LogP contribution < -0.4 is 5.73 Å². The lowest BCUT2D eigenvalue weighted by Gasteiger charge is -2.30. The minimum absolute atomic E-state index is 0.0372. The Morgan fingerprint density at radius 3 is 2.64 bits per heavy atom. The van der Waals surface area contributed by atoms with Gasteiger partial charge in [-0.15, -0.1) is 0 Å². The van der Waals surface area contributed by atoms with Crippen LogP contribution in [0.5, 0.6) is 0 Å². The fourth-order valence-corrected chi connectivity index (χ4v) is 4.23. The number of likely N-dealkylation sites (tertiary alicyclic amines) is 1. The van der Waals surface area contributed by atoms with Crippen molar-refractivity contribution in [1.29, 1.82) is 0 Å². The molecule has 2 N–H and O–H groups in total. The maximum absolute atomic E-state index is 12.6. The predicted octanol–water partition coefficient (Wildman–Crippen LogP) is 2.71. The zero-order valence-electron chi connectivity index (χ0n) is 15.2. The Morgan fingerprint density at radius 2 is 1.93 bits per heavy atom. The fraction of sp³-hybridized carbons (Fsp3) is 0.300. The summed E-state index contributed by atoms with van der Waals surface area (Å²) in [5.74, 6) is 1.00. The Kier molecular flexibility index (Phi) is 5.29. The van der Waals surface area contributed by atoms with Gasteiger partial charge in [-0.3, -0.25) is 9.59 Å². The van der Waals surface area contributed by atoms with Gasteiger partial charge in [-0.1, -0.05) is 30.0 Å². The van der Waals surface area contributed by atoms with Crippen molar-refractivity contribution in [2.75, 3.05) is 18.8 Å². The molecule has 7 nitrogen and oxygen atoms in total. The number of rotatable bonds is 5. The van der Waals surface area contributed by atoms with Crippen LogP contribution in [0.1, 0.15) is 12.8 Å². The molecule has 3 heterocycles. The number of hydrogen-bond donors (Lipinski definition) is 1. The topological polar surface area (TPSA) is 102 Å². The molecule has 1 saturated heterocycles. The van der Waals surface area contributed by atoms with Gasteiger partial charge in [0.05, 0.1) is 17.5 Å². The molecule has 0 unspecified atom stereocenters. The van der Waals surface area contributed by atoms with Crippen LogP contribution in [-0.4, -0.2) is 45.5 Å². The van der Waals surface area contributed by atoms with E-state index in [2.05, 4.69) is 9.97 Å². The normalized spacial score (nSPS) is 15.1. The van der Waals surface area contributed by atoms with E-state index in [-0.39, 0.29) is 23.5 Å². The summed E-state index contributed by atoms with van der Waals surface area (Å²) < 4.78 is 5.43. The molecule has 0 aliphatic carbocycles. The second kappa shape index (κ2) is 8.02. The van der Waals surface area contributed by atoms with Gasteiger partial charge in [0, 0.05) is 24.4 Å². The van der Waals surface area contributed by atoms with Crippen LogP contribution in [0.4, 0.5) is 0 Å². The van der Waals surface area contributed by atoms with Crippen LogP contribution in [0.15, 0.2) is 52.1 Å². The van der Waals surface area contributed by atoms with Crippen molar-refractivity contribution in [2.24, 2.45) is 11.7 Å². The van der Waals surface area contributed by atoms with Crippen LogP contribution in [0.3, 0.4) is 0 Å². The van der Waals surface area contributed by atoms with E-state index in [0.29, 0.717) is 37.5 Å². The van der Waals surface area contributed by atoms with Gasteiger partial charge in [-0.25, -0.2) is 9.97 Å². The SMILES string of the molecule is NC(=O)C1CCN(C(=O)CSc2nc(-c3ccco3)nc3ccccc23)CC1.